The van der Waals surface area contributed by atoms with Crippen LogP contribution in [0.15, 0.2) is 12.2 Å². The van der Waals surface area contributed by atoms with Crippen LogP contribution in [0.4, 0.5) is 0 Å². The summed E-state index contributed by atoms with van der Waals surface area (Å²) >= 11 is 0. The van der Waals surface area contributed by atoms with Crippen LogP contribution in [0.25, 0.3) is 0 Å². The second-order valence-electron chi connectivity index (χ2n) is 7.28. The van der Waals surface area contributed by atoms with Gasteiger partial charge < -0.3 is 19.7 Å². The summed E-state index contributed by atoms with van der Waals surface area (Å²) in [5.41, 5.74) is 0. The molecule has 0 aromatic carbocycles. The number of rotatable bonds is 11. The van der Waals surface area contributed by atoms with E-state index in [0.29, 0.717) is 37.6 Å². The summed E-state index contributed by atoms with van der Waals surface area (Å²) in [5.74, 6) is 1.48. The third-order valence-electron chi connectivity index (χ3n) is 5.59. The highest BCUT2D eigenvalue weighted by Gasteiger charge is 2.46. The van der Waals surface area contributed by atoms with E-state index in [0.717, 1.165) is 25.7 Å². The zero-order valence-electron chi connectivity index (χ0n) is 14.7. The molecule has 24 heavy (non-hydrogen) atoms. The Kier molecular flexibility index (Phi) is 8.22. The lowest BCUT2D eigenvalue weighted by molar-refractivity contribution is -0.137. The van der Waals surface area contributed by atoms with Gasteiger partial charge in [-0.2, -0.15) is 0 Å². The van der Waals surface area contributed by atoms with Crippen LogP contribution >= 0.6 is 0 Å². The Bertz CT molecular complexity index is 409. The van der Waals surface area contributed by atoms with Gasteiger partial charge in [0.15, 0.2) is 0 Å². The number of fused-ring (bicyclic) bond motifs is 1. The maximum Gasteiger partial charge on any atom is 0.303 e. The van der Waals surface area contributed by atoms with Crippen LogP contribution in [0, 0.1) is 23.7 Å². The Morgan fingerprint density at radius 2 is 2.04 bits per heavy atom. The highest BCUT2D eigenvalue weighted by atomic mass is 16.5. The van der Waals surface area contributed by atoms with Gasteiger partial charge in [-0.25, -0.2) is 0 Å². The van der Waals surface area contributed by atoms with Crippen molar-refractivity contribution in [2.75, 3.05) is 26.9 Å². The number of methoxy groups -OCH3 is 1. The summed E-state index contributed by atoms with van der Waals surface area (Å²) < 4.78 is 10.4. The second-order valence-corrected chi connectivity index (χ2v) is 7.28. The predicted octanol–water partition coefficient (Wildman–Crippen LogP) is 2.87. The Balaban J connectivity index is 1.70. The molecule has 138 valence electrons. The fourth-order valence-electron chi connectivity index (χ4n) is 4.49. The summed E-state index contributed by atoms with van der Waals surface area (Å²) in [4.78, 5) is 10.6. The van der Waals surface area contributed by atoms with Crippen molar-refractivity contribution in [2.45, 2.75) is 51.0 Å². The van der Waals surface area contributed by atoms with Crippen molar-refractivity contribution in [3.63, 3.8) is 0 Å². The number of carbonyl (C=O) groups is 1. The third kappa shape index (κ3) is 5.87. The Morgan fingerprint density at radius 1 is 1.21 bits per heavy atom. The summed E-state index contributed by atoms with van der Waals surface area (Å²) in [7, 11) is 1.66. The van der Waals surface area contributed by atoms with E-state index < -0.39 is 5.97 Å². The van der Waals surface area contributed by atoms with Crippen molar-refractivity contribution in [1.29, 1.82) is 0 Å². The zero-order valence-corrected chi connectivity index (χ0v) is 14.7. The number of ether oxygens (including phenoxy) is 2. The lowest BCUT2D eigenvalue weighted by Crippen LogP contribution is -2.17. The molecule has 2 aliphatic carbocycles. The molecule has 5 heteroatoms. The molecule has 2 N–H and O–H groups in total. The van der Waals surface area contributed by atoms with Crippen molar-refractivity contribution in [1.82, 2.24) is 0 Å². The molecule has 0 heterocycles. The van der Waals surface area contributed by atoms with E-state index in [1.807, 2.05) is 6.08 Å². The van der Waals surface area contributed by atoms with E-state index in [1.165, 1.54) is 12.8 Å². The van der Waals surface area contributed by atoms with Crippen LogP contribution in [0.3, 0.4) is 0 Å². The maximum atomic E-state index is 10.6. The molecule has 0 aromatic heterocycles. The Morgan fingerprint density at radius 3 is 2.79 bits per heavy atom. The van der Waals surface area contributed by atoms with Gasteiger partial charge in [-0.15, -0.1) is 0 Å². The van der Waals surface area contributed by atoms with E-state index in [1.54, 1.807) is 7.11 Å². The summed E-state index contributed by atoms with van der Waals surface area (Å²) in [6.45, 7) is 1.77. The smallest absolute Gasteiger partial charge is 0.303 e. The molecule has 0 aromatic rings. The van der Waals surface area contributed by atoms with Crippen LogP contribution < -0.4 is 0 Å². The second kappa shape index (κ2) is 10.2. The van der Waals surface area contributed by atoms with Crippen molar-refractivity contribution >= 4 is 5.97 Å². The largest absolute Gasteiger partial charge is 0.481 e. The molecule has 0 amide bonds. The van der Waals surface area contributed by atoms with Gasteiger partial charge in [0.25, 0.3) is 0 Å². The summed E-state index contributed by atoms with van der Waals surface area (Å²) in [6, 6.07) is 0. The van der Waals surface area contributed by atoms with Crippen LogP contribution in [0.2, 0.25) is 0 Å². The minimum absolute atomic E-state index is 0.219. The first-order valence-electron chi connectivity index (χ1n) is 9.25. The predicted molar refractivity (Wildman–Crippen MR) is 91.8 cm³/mol. The standard InChI is InChI=1S/C19H32O5/c1-23-9-10-24-8-4-6-16-17-12-14(5-2-3-7-19(21)22)11-15(17)13-18(16)20/h4,6,14-18,20H,2-3,5,7-13H2,1H3,(H,21,22)/b6-4+/t14?,15?,16-,17?,18-/m1/s1. The molecule has 3 unspecified atom stereocenters. The van der Waals surface area contributed by atoms with Crippen molar-refractivity contribution < 1.29 is 24.5 Å². The number of unbranched alkanes of at least 4 members (excludes halogenated alkanes) is 1. The number of carboxylic acids is 1. The molecule has 2 saturated carbocycles. The molecule has 0 saturated heterocycles. The third-order valence-corrected chi connectivity index (χ3v) is 5.59. The normalized spacial score (nSPS) is 32.5. The molecule has 2 fully saturated rings. The maximum absolute atomic E-state index is 10.6. The molecular weight excluding hydrogens is 308 g/mol. The van der Waals surface area contributed by atoms with Gasteiger partial charge in [-0.3, -0.25) is 4.79 Å². The molecule has 0 radical (unpaired) electrons. The lowest BCUT2D eigenvalue weighted by Gasteiger charge is -2.18. The van der Waals surface area contributed by atoms with Gasteiger partial charge in [0.1, 0.15) is 0 Å². The summed E-state index contributed by atoms with van der Waals surface area (Å²) in [6.07, 6.45) is 10.5. The number of carboxylic acid groups (broad SMARTS) is 1. The first-order chi connectivity index (χ1) is 11.6. The van der Waals surface area contributed by atoms with E-state index in [2.05, 4.69) is 6.08 Å². The lowest BCUT2D eigenvalue weighted by atomic mass is 9.89. The molecule has 2 aliphatic rings. The van der Waals surface area contributed by atoms with Crippen LogP contribution in [-0.4, -0.2) is 49.2 Å². The monoisotopic (exact) mass is 340 g/mol. The fourth-order valence-corrected chi connectivity index (χ4v) is 4.49. The molecule has 0 aliphatic heterocycles. The first kappa shape index (κ1) is 19.4. The highest BCUT2D eigenvalue weighted by Crippen LogP contribution is 2.51. The molecule has 0 bridgehead atoms. The van der Waals surface area contributed by atoms with E-state index in [-0.39, 0.29) is 18.4 Å². The minimum Gasteiger partial charge on any atom is -0.481 e. The van der Waals surface area contributed by atoms with E-state index in [4.69, 9.17) is 14.6 Å². The van der Waals surface area contributed by atoms with Crippen molar-refractivity contribution in [2.24, 2.45) is 23.7 Å². The zero-order chi connectivity index (χ0) is 17.4. The van der Waals surface area contributed by atoms with Crippen molar-refractivity contribution in [3.05, 3.63) is 12.2 Å². The number of aliphatic carboxylic acids is 1. The van der Waals surface area contributed by atoms with Gasteiger partial charge >= 0.3 is 5.97 Å². The van der Waals surface area contributed by atoms with Gasteiger partial charge in [0.2, 0.25) is 0 Å². The fraction of sp³-hybridized carbons (Fsp3) is 0.842. The van der Waals surface area contributed by atoms with E-state index in [9.17, 15) is 9.90 Å². The SMILES string of the molecule is COCCOC/C=C/[C@@H]1C2CC(CCCCC(=O)O)CC2C[C@H]1O. The molecule has 5 atom stereocenters. The van der Waals surface area contributed by atoms with Crippen LogP contribution in [0.5, 0.6) is 0 Å². The van der Waals surface area contributed by atoms with Gasteiger partial charge in [0.05, 0.1) is 25.9 Å². The molecule has 5 nitrogen and oxygen atoms in total. The van der Waals surface area contributed by atoms with Crippen molar-refractivity contribution in [3.8, 4) is 0 Å². The van der Waals surface area contributed by atoms with Gasteiger partial charge in [0, 0.05) is 19.4 Å². The average Bonchev–Trinajstić information content (AvgIpc) is 3.04. The molecule has 2 rings (SSSR count). The topological polar surface area (TPSA) is 76.0 Å². The van der Waals surface area contributed by atoms with E-state index >= 15 is 0 Å². The molecular formula is C19H32O5. The average molecular weight is 340 g/mol. The van der Waals surface area contributed by atoms with Gasteiger partial charge in [-0.05, 0) is 43.4 Å². The molecule has 0 spiro atoms. The summed E-state index contributed by atoms with van der Waals surface area (Å²) in [5, 5.41) is 19.0. The quantitative estimate of drug-likeness (QED) is 0.447. The number of hydrogen-bond acceptors (Lipinski definition) is 4. The minimum atomic E-state index is -0.695. The Hall–Kier alpha value is -0.910. The number of aliphatic hydroxyl groups excluding tert-OH is 1. The first-order valence-corrected chi connectivity index (χ1v) is 9.25. The Labute approximate surface area is 145 Å². The highest BCUT2D eigenvalue weighted by molar-refractivity contribution is 5.66. The van der Waals surface area contributed by atoms with Crippen LogP contribution in [0.1, 0.15) is 44.9 Å². The number of aliphatic hydroxyl groups is 1. The number of hydrogen-bond donors (Lipinski definition) is 2. The van der Waals surface area contributed by atoms with Gasteiger partial charge in [-0.1, -0.05) is 25.0 Å². The van der Waals surface area contributed by atoms with Crippen LogP contribution in [-0.2, 0) is 14.3 Å².